The largest absolute Gasteiger partial charge is 0.396 e. The van der Waals surface area contributed by atoms with E-state index >= 15 is 0 Å². The Morgan fingerprint density at radius 3 is 2.47 bits per heavy atom. The molecule has 0 bridgehead atoms. The third-order valence-electron chi connectivity index (χ3n) is 3.58. The molecule has 1 heterocycles. The van der Waals surface area contributed by atoms with Gasteiger partial charge in [-0.25, -0.2) is 0 Å². The minimum absolute atomic E-state index is 0.0116. The molecule has 0 atom stereocenters. The van der Waals surface area contributed by atoms with Crippen molar-refractivity contribution in [2.24, 2.45) is 10.4 Å². The van der Waals surface area contributed by atoms with Crippen LogP contribution in [0.4, 0.5) is 13.2 Å². The molecule has 0 aromatic carbocycles. The van der Waals surface area contributed by atoms with Crippen molar-refractivity contribution < 1.29 is 13.2 Å². The van der Waals surface area contributed by atoms with Crippen LogP contribution in [0.15, 0.2) is 4.99 Å². The van der Waals surface area contributed by atoms with Crippen molar-refractivity contribution in [1.82, 2.24) is 5.32 Å². The Morgan fingerprint density at radius 1 is 1.24 bits per heavy atom. The Labute approximate surface area is 103 Å². The highest BCUT2D eigenvalue weighted by Gasteiger charge is 2.54. The van der Waals surface area contributed by atoms with E-state index in [1.807, 2.05) is 0 Å². The van der Waals surface area contributed by atoms with Crippen molar-refractivity contribution >= 4 is 16.9 Å². The van der Waals surface area contributed by atoms with E-state index in [0.29, 0.717) is 24.6 Å². The van der Waals surface area contributed by atoms with Crippen LogP contribution in [0.3, 0.4) is 0 Å². The Bertz CT molecular complexity index is 296. The molecule has 2 rings (SSSR count). The maximum Gasteiger partial charge on any atom is 0.396 e. The number of hydrogen-bond donors (Lipinski definition) is 1. The van der Waals surface area contributed by atoms with Crippen LogP contribution in [0, 0.1) is 5.41 Å². The molecular formula is C11H17F3N2S. The van der Waals surface area contributed by atoms with Gasteiger partial charge in [-0.05, 0) is 12.8 Å². The van der Waals surface area contributed by atoms with Crippen LogP contribution in [-0.2, 0) is 0 Å². The van der Waals surface area contributed by atoms with E-state index in [9.17, 15) is 13.2 Å². The van der Waals surface area contributed by atoms with Crippen molar-refractivity contribution in [1.29, 1.82) is 0 Å². The van der Waals surface area contributed by atoms with Gasteiger partial charge in [-0.1, -0.05) is 31.0 Å². The molecule has 17 heavy (non-hydrogen) atoms. The molecule has 0 aromatic heterocycles. The van der Waals surface area contributed by atoms with Gasteiger partial charge in [0.2, 0.25) is 0 Å². The summed E-state index contributed by atoms with van der Waals surface area (Å²) >= 11 is 1.51. The molecule has 0 spiro atoms. The number of alkyl halides is 3. The molecular weight excluding hydrogens is 249 g/mol. The van der Waals surface area contributed by atoms with Crippen LogP contribution < -0.4 is 5.32 Å². The second-order valence-electron chi connectivity index (χ2n) is 4.73. The number of aliphatic imine (C=N–C) groups is 1. The lowest BCUT2D eigenvalue weighted by atomic mass is 9.73. The van der Waals surface area contributed by atoms with Gasteiger partial charge in [-0.3, -0.25) is 4.99 Å². The molecule has 0 saturated heterocycles. The summed E-state index contributed by atoms with van der Waals surface area (Å²) in [5, 5.41) is 3.57. The van der Waals surface area contributed by atoms with Gasteiger partial charge in [-0.15, -0.1) is 0 Å². The number of hydrogen-bond acceptors (Lipinski definition) is 3. The number of thioether (sulfide) groups is 1. The lowest BCUT2D eigenvalue weighted by molar-refractivity contribution is -0.231. The van der Waals surface area contributed by atoms with Crippen LogP contribution in [-0.4, -0.2) is 30.2 Å². The minimum Gasteiger partial charge on any atom is -0.364 e. The van der Waals surface area contributed by atoms with Crippen molar-refractivity contribution in [3.05, 3.63) is 0 Å². The van der Waals surface area contributed by atoms with E-state index in [0.717, 1.165) is 12.2 Å². The molecule has 0 unspecified atom stereocenters. The summed E-state index contributed by atoms with van der Waals surface area (Å²) in [6.45, 7) is 0.703. The molecule has 0 amide bonds. The van der Waals surface area contributed by atoms with Gasteiger partial charge in [0.05, 0.1) is 12.0 Å². The van der Waals surface area contributed by atoms with Crippen molar-refractivity contribution in [2.75, 3.05) is 18.8 Å². The first-order chi connectivity index (χ1) is 8.04. The Hall–Kier alpha value is -0.390. The third-order valence-corrected chi connectivity index (χ3v) is 4.51. The third kappa shape index (κ3) is 2.89. The van der Waals surface area contributed by atoms with Crippen LogP contribution in [0.1, 0.15) is 32.1 Å². The summed E-state index contributed by atoms with van der Waals surface area (Å²) in [5.74, 6) is 0.876. The second-order valence-corrected chi connectivity index (χ2v) is 5.81. The first kappa shape index (κ1) is 13.1. The highest BCUT2D eigenvalue weighted by molar-refractivity contribution is 8.14. The molecule has 98 valence electrons. The molecule has 1 saturated carbocycles. The lowest BCUT2D eigenvalue weighted by Gasteiger charge is -2.39. The Balaban J connectivity index is 2.00. The van der Waals surface area contributed by atoms with Gasteiger partial charge >= 0.3 is 6.18 Å². The van der Waals surface area contributed by atoms with Crippen LogP contribution in [0.2, 0.25) is 0 Å². The van der Waals surface area contributed by atoms with Gasteiger partial charge in [0, 0.05) is 12.3 Å². The van der Waals surface area contributed by atoms with E-state index in [4.69, 9.17) is 0 Å². The fraction of sp³-hybridized carbons (Fsp3) is 0.909. The van der Waals surface area contributed by atoms with E-state index < -0.39 is 11.6 Å². The highest BCUT2D eigenvalue weighted by atomic mass is 32.2. The van der Waals surface area contributed by atoms with Gasteiger partial charge in [0.25, 0.3) is 0 Å². The SMILES string of the molecule is FC(F)(F)C1(CNC2=NCCS2)CCCCC1. The second kappa shape index (κ2) is 5.08. The average molecular weight is 266 g/mol. The summed E-state index contributed by atoms with van der Waals surface area (Å²) < 4.78 is 39.6. The molecule has 1 fully saturated rings. The van der Waals surface area contributed by atoms with Crippen molar-refractivity contribution in [3.8, 4) is 0 Å². The minimum atomic E-state index is -4.11. The van der Waals surface area contributed by atoms with E-state index in [2.05, 4.69) is 10.3 Å². The Kier molecular flexibility index (Phi) is 3.90. The normalized spacial score (nSPS) is 24.5. The molecule has 2 nitrogen and oxygen atoms in total. The highest BCUT2D eigenvalue weighted by Crippen LogP contribution is 2.48. The van der Waals surface area contributed by atoms with Crippen LogP contribution in [0.25, 0.3) is 0 Å². The van der Waals surface area contributed by atoms with E-state index in [-0.39, 0.29) is 19.4 Å². The molecule has 1 N–H and O–H groups in total. The van der Waals surface area contributed by atoms with Gasteiger partial charge in [-0.2, -0.15) is 13.2 Å². The fourth-order valence-corrected chi connectivity index (χ4v) is 3.21. The number of halogens is 3. The zero-order valence-electron chi connectivity index (χ0n) is 9.65. The predicted molar refractivity (Wildman–Crippen MR) is 64.3 cm³/mol. The zero-order chi connectivity index (χ0) is 12.4. The maximum absolute atomic E-state index is 13.2. The molecule has 6 heteroatoms. The summed E-state index contributed by atoms with van der Waals surface area (Å²) in [5.41, 5.74) is -1.53. The smallest absolute Gasteiger partial charge is 0.364 e. The Morgan fingerprint density at radius 2 is 1.94 bits per heavy atom. The average Bonchev–Trinajstić information content (AvgIpc) is 2.79. The van der Waals surface area contributed by atoms with E-state index in [1.54, 1.807) is 0 Å². The quantitative estimate of drug-likeness (QED) is 0.830. The fourth-order valence-electron chi connectivity index (χ4n) is 2.48. The lowest BCUT2D eigenvalue weighted by Crippen LogP contribution is -2.48. The zero-order valence-corrected chi connectivity index (χ0v) is 10.5. The van der Waals surface area contributed by atoms with Gasteiger partial charge in [0.1, 0.15) is 0 Å². The van der Waals surface area contributed by atoms with E-state index in [1.165, 1.54) is 11.8 Å². The number of nitrogens with one attached hydrogen (secondary N) is 1. The first-order valence-corrected chi connectivity index (χ1v) is 7.00. The first-order valence-electron chi connectivity index (χ1n) is 6.01. The number of rotatable bonds is 2. The topological polar surface area (TPSA) is 24.4 Å². The predicted octanol–water partition coefficient (Wildman–Crippen LogP) is 3.19. The molecule has 2 aliphatic rings. The maximum atomic E-state index is 13.2. The molecule has 0 radical (unpaired) electrons. The van der Waals surface area contributed by atoms with Crippen molar-refractivity contribution in [2.45, 2.75) is 38.3 Å². The van der Waals surface area contributed by atoms with Crippen LogP contribution in [0.5, 0.6) is 0 Å². The molecule has 1 aliphatic heterocycles. The van der Waals surface area contributed by atoms with Gasteiger partial charge < -0.3 is 5.32 Å². The standard InChI is InChI=1S/C11H17F3N2S/c12-11(13,14)10(4-2-1-3-5-10)8-16-9-15-6-7-17-9/h1-8H2,(H,15,16). The molecule has 1 aliphatic carbocycles. The summed E-state index contributed by atoms with van der Waals surface area (Å²) in [6, 6.07) is 0. The van der Waals surface area contributed by atoms with Crippen molar-refractivity contribution in [3.63, 3.8) is 0 Å². The summed E-state index contributed by atoms with van der Waals surface area (Å²) in [4.78, 5) is 4.13. The molecule has 0 aromatic rings. The van der Waals surface area contributed by atoms with Crippen LogP contribution >= 0.6 is 11.8 Å². The number of amidine groups is 1. The monoisotopic (exact) mass is 266 g/mol. The number of nitrogens with zero attached hydrogens (tertiary/aromatic N) is 1. The summed E-state index contributed by atoms with van der Waals surface area (Å²) in [7, 11) is 0. The van der Waals surface area contributed by atoms with Gasteiger partial charge in [0.15, 0.2) is 5.17 Å². The summed E-state index contributed by atoms with van der Waals surface area (Å²) in [6.07, 6.45) is -1.32.